The molecule has 2 aromatic carbocycles. The number of benzene rings is 2. The SMILES string of the molecule is Cc1ccccc1S(=O)(=O)Nc1cccc(C)c1Nc1ncccn1. The lowest BCUT2D eigenvalue weighted by molar-refractivity contribution is 0.600. The molecule has 128 valence electrons. The van der Waals surface area contributed by atoms with Crippen molar-refractivity contribution in [3.63, 3.8) is 0 Å². The highest BCUT2D eigenvalue weighted by molar-refractivity contribution is 7.92. The van der Waals surface area contributed by atoms with E-state index in [1.165, 1.54) is 0 Å². The van der Waals surface area contributed by atoms with Crippen molar-refractivity contribution in [1.29, 1.82) is 0 Å². The van der Waals surface area contributed by atoms with Crippen LogP contribution in [0.4, 0.5) is 17.3 Å². The highest BCUT2D eigenvalue weighted by Gasteiger charge is 2.19. The minimum absolute atomic E-state index is 0.249. The lowest BCUT2D eigenvalue weighted by Gasteiger charge is -2.16. The van der Waals surface area contributed by atoms with Crippen LogP contribution < -0.4 is 10.0 Å². The van der Waals surface area contributed by atoms with E-state index in [4.69, 9.17) is 0 Å². The Morgan fingerprint density at radius 2 is 1.52 bits per heavy atom. The van der Waals surface area contributed by atoms with E-state index in [-0.39, 0.29) is 4.90 Å². The second-order valence-corrected chi connectivity index (χ2v) is 7.22. The van der Waals surface area contributed by atoms with E-state index in [9.17, 15) is 8.42 Å². The van der Waals surface area contributed by atoms with Gasteiger partial charge in [-0.3, -0.25) is 4.72 Å². The monoisotopic (exact) mass is 354 g/mol. The number of para-hydroxylation sites is 1. The fraction of sp³-hybridized carbons (Fsp3) is 0.111. The first-order chi connectivity index (χ1) is 12.0. The Hall–Kier alpha value is -2.93. The van der Waals surface area contributed by atoms with Gasteiger partial charge in [0.1, 0.15) is 0 Å². The van der Waals surface area contributed by atoms with Gasteiger partial charge in [-0.1, -0.05) is 30.3 Å². The van der Waals surface area contributed by atoms with Crippen LogP contribution in [0.15, 0.2) is 65.8 Å². The fourth-order valence-electron chi connectivity index (χ4n) is 2.45. The van der Waals surface area contributed by atoms with Crippen LogP contribution in [0.3, 0.4) is 0 Å². The van der Waals surface area contributed by atoms with E-state index in [1.807, 2.05) is 13.0 Å². The lowest BCUT2D eigenvalue weighted by Crippen LogP contribution is -2.15. The molecule has 0 bridgehead atoms. The quantitative estimate of drug-likeness (QED) is 0.731. The molecule has 2 N–H and O–H groups in total. The number of nitrogens with zero attached hydrogens (tertiary/aromatic N) is 2. The molecule has 0 atom stereocenters. The first-order valence-electron chi connectivity index (χ1n) is 7.69. The third kappa shape index (κ3) is 3.77. The molecule has 3 rings (SSSR count). The van der Waals surface area contributed by atoms with Crippen LogP contribution in [0, 0.1) is 13.8 Å². The smallest absolute Gasteiger partial charge is 0.262 e. The molecule has 0 aliphatic heterocycles. The van der Waals surface area contributed by atoms with E-state index in [1.54, 1.807) is 61.8 Å². The number of hydrogen-bond acceptors (Lipinski definition) is 5. The van der Waals surface area contributed by atoms with Gasteiger partial charge < -0.3 is 5.32 Å². The van der Waals surface area contributed by atoms with Crippen molar-refractivity contribution in [3.05, 3.63) is 72.1 Å². The molecule has 1 aromatic heterocycles. The minimum atomic E-state index is -3.71. The standard InChI is InChI=1S/C18H18N4O2S/c1-13-7-3-4-10-16(13)25(23,24)22-15-9-5-8-14(2)17(15)21-18-19-11-6-12-20-18/h3-12,22H,1-2H3,(H,19,20,21). The maximum atomic E-state index is 12.8. The highest BCUT2D eigenvalue weighted by Crippen LogP contribution is 2.30. The van der Waals surface area contributed by atoms with E-state index in [0.29, 0.717) is 22.9 Å². The number of anilines is 3. The minimum Gasteiger partial charge on any atom is -0.322 e. The van der Waals surface area contributed by atoms with Crippen molar-refractivity contribution < 1.29 is 8.42 Å². The van der Waals surface area contributed by atoms with Gasteiger partial charge in [-0.05, 0) is 43.2 Å². The van der Waals surface area contributed by atoms with Crippen molar-refractivity contribution in [3.8, 4) is 0 Å². The second kappa shape index (κ2) is 6.90. The summed E-state index contributed by atoms with van der Waals surface area (Å²) >= 11 is 0. The van der Waals surface area contributed by atoms with Gasteiger partial charge in [-0.25, -0.2) is 18.4 Å². The van der Waals surface area contributed by atoms with Crippen LogP contribution >= 0.6 is 0 Å². The van der Waals surface area contributed by atoms with Crippen LogP contribution in [0.1, 0.15) is 11.1 Å². The number of sulfonamides is 1. The van der Waals surface area contributed by atoms with E-state index >= 15 is 0 Å². The van der Waals surface area contributed by atoms with Crippen molar-refractivity contribution in [2.45, 2.75) is 18.7 Å². The highest BCUT2D eigenvalue weighted by atomic mass is 32.2. The van der Waals surface area contributed by atoms with Gasteiger partial charge in [-0.2, -0.15) is 0 Å². The molecule has 6 nitrogen and oxygen atoms in total. The first-order valence-corrected chi connectivity index (χ1v) is 9.18. The summed E-state index contributed by atoms with van der Waals surface area (Å²) in [5.41, 5.74) is 2.61. The molecule has 7 heteroatoms. The normalized spacial score (nSPS) is 11.1. The van der Waals surface area contributed by atoms with Gasteiger partial charge in [0.15, 0.2) is 0 Å². The molecule has 0 saturated carbocycles. The van der Waals surface area contributed by atoms with Gasteiger partial charge in [0.05, 0.1) is 16.3 Å². The number of rotatable bonds is 5. The lowest BCUT2D eigenvalue weighted by atomic mass is 10.2. The zero-order chi connectivity index (χ0) is 17.9. The van der Waals surface area contributed by atoms with Crippen molar-refractivity contribution in [2.24, 2.45) is 0 Å². The van der Waals surface area contributed by atoms with Gasteiger partial charge >= 0.3 is 0 Å². The summed E-state index contributed by atoms with van der Waals surface area (Å²) in [5, 5.41) is 3.08. The first kappa shape index (κ1) is 16.9. The fourth-order valence-corrected chi connectivity index (χ4v) is 3.77. The van der Waals surface area contributed by atoms with Crippen LogP contribution in [-0.4, -0.2) is 18.4 Å². The Kier molecular flexibility index (Phi) is 4.67. The predicted octanol–water partition coefficient (Wildman–Crippen LogP) is 3.64. The summed E-state index contributed by atoms with van der Waals surface area (Å²) in [6.07, 6.45) is 3.23. The topological polar surface area (TPSA) is 84.0 Å². The Bertz CT molecular complexity index is 989. The average Bonchev–Trinajstić information content (AvgIpc) is 2.59. The van der Waals surface area contributed by atoms with Crippen LogP contribution in [0.25, 0.3) is 0 Å². The molecule has 0 aliphatic rings. The Morgan fingerprint density at radius 3 is 2.24 bits per heavy atom. The number of nitrogens with one attached hydrogen (secondary N) is 2. The second-order valence-electron chi connectivity index (χ2n) is 5.57. The Morgan fingerprint density at radius 1 is 0.840 bits per heavy atom. The molecular weight excluding hydrogens is 336 g/mol. The molecule has 25 heavy (non-hydrogen) atoms. The molecule has 0 amide bonds. The van der Waals surface area contributed by atoms with Crippen LogP contribution in [-0.2, 0) is 10.0 Å². The molecule has 0 fully saturated rings. The summed E-state index contributed by atoms with van der Waals surface area (Å²) in [4.78, 5) is 8.50. The molecule has 3 aromatic rings. The van der Waals surface area contributed by atoms with Crippen molar-refractivity contribution >= 4 is 27.3 Å². The summed E-state index contributed by atoms with van der Waals surface area (Å²) in [6.45, 7) is 3.65. The summed E-state index contributed by atoms with van der Waals surface area (Å²) in [7, 11) is -3.71. The maximum absolute atomic E-state index is 12.8. The molecule has 0 radical (unpaired) electrons. The Labute approximate surface area is 147 Å². The largest absolute Gasteiger partial charge is 0.322 e. The van der Waals surface area contributed by atoms with Gasteiger partial charge in [0.25, 0.3) is 10.0 Å². The zero-order valence-corrected chi connectivity index (χ0v) is 14.7. The molecule has 0 saturated heterocycles. The molecule has 0 spiro atoms. The molecule has 1 heterocycles. The zero-order valence-electron chi connectivity index (χ0n) is 13.9. The average molecular weight is 354 g/mol. The molecule has 0 aliphatic carbocycles. The summed E-state index contributed by atoms with van der Waals surface area (Å²) in [6, 6.07) is 14.0. The summed E-state index contributed by atoms with van der Waals surface area (Å²) < 4.78 is 28.2. The van der Waals surface area contributed by atoms with E-state index in [0.717, 1.165) is 5.56 Å². The third-order valence-electron chi connectivity index (χ3n) is 3.70. The van der Waals surface area contributed by atoms with Crippen LogP contribution in [0.2, 0.25) is 0 Å². The van der Waals surface area contributed by atoms with Crippen molar-refractivity contribution in [1.82, 2.24) is 9.97 Å². The maximum Gasteiger partial charge on any atom is 0.262 e. The third-order valence-corrected chi connectivity index (χ3v) is 5.23. The van der Waals surface area contributed by atoms with Gasteiger partial charge in [0, 0.05) is 12.4 Å². The van der Waals surface area contributed by atoms with Gasteiger partial charge in [0.2, 0.25) is 5.95 Å². The van der Waals surface area contributed by atoms with Gasteiger partial charge in [-0.15, -0.1) is 0 Å². The summed E-state index contributed by atoms with van der Waals surface area (Å²) in [5.74, 6) is 0.396. The Balaban J connectivity index is 1.98. The number of aromatic nitrogens is 2. The molecule has 0 unspecified atom stereocenters. The molecular formula is C18H18N4O2S. The number of aryl methyl sites for hydroxylation is 2. The van der Waals surface area contributed by atoms with Crippen molar-refractivity contribution in [2.75, 3.05) is 10.0 Å². The number of hydrogen-bond donors (Lipinski definition) is 2. The van der Waals surface area contributed by atoms with E-state index < -0.39 is 10.0 Å². The van der Waals surface area contributed by atoms with Crippen LogP contribution in [0.5, 0.6) is 0 Å². The predicted molar refractivity (Wildman–Crippen MR) is 98.5 cm³/mol. The van der Waals surface area contributed by atoms with E-state index in [2.05, 4.69) is 20.0 Å².